The Morgan fingerprint density at radius 3 is 2.54 bits per heavy atom. The molecule has 3 rings (SSSR count). The summed E-state index contributed by atoms with van der Waals surface area (Å²) in [6, 6.07) is 14.1. The Kier molecular flexibility index (Phi) is 4.51. The summed E-state index contributed by atoms with van der Waals surface area (Å²) < 4.78 is 2.25. The number of aromatic nitrogens is 1. The number of carbonyl (C=O) groups excluding carboxylic acids is 1. The predicted octanol–water partition coefficient (Wildman–Crippen LogP) is 4.01. The third-order valence-corrected chi connectivity index (χ3v) is 4.17. The van der Waals surface area contributed by atoms with Gasteiger partial charge in [0.05, 0.1) is 0 Å². The van der Waals surface area contributed by atoms with Gasteiger partial charge in [0, 0.05) is 46.9 Å². The molecule has 2 aromatic carbocycles. The molecule has 0 atom stereocenters. The molecule has 1 heterocycles. The van der Waals surface area contributed by atoms with Crippen LogP contribution in [0.25, 0.3) is 21.8 Å². The van der Waals surface area contributed by atoms with Crippen molar-refractivity contribution in [3.8, 4) is 0 Å². The van der Waals surface area contributed by atoms with Gasteiger partial charge in [0.1, 0.15) is 0 Å². The Bertz CT molecular complexity index is 912. The molecule has 3 aromatic rings. The van der Waals surface area contributed by atoms with Crippen LogP contribution in [0.2, 0.25) is 0 Å². The zero-order valence-electron chi connectivity index (χ0n) is 13.6. The van der Waals surface area contributed by atoms with Crippen molar-refractivity contribution in [2.24, 2.45) is 0 Å². The Morgan fingerprint density at radius 1 is 1.04 bits per heavy atom. The highest BCUT2D eigenvalue weighted by Crippen LogP contribution is 2.30. The highest BCUT2D eigenvalue weighted by atomic mass is 16.4. The monoisotopic (exact) mass is 324 g/mol. The number of nitrogens with zero attached hydrogens (tertiary/aromatic N) is 1. The first-order valence-electron chi connectivity index (χ1n) is 8.12. The number of hydrogen-bond donors (Lipinski definition) is 2. The number of aliphatic carboxylic acids is 1. The minimum Gasteiger partial charge on any atom is -0.481 e. The van der Waals surface area contributed by atoms with E-state index in [-0.39, 0.29) is 18.7 Å². The fraction of sp³-hybridized carbons (Fsp3) is 0.263. The number of carboxylic acids is 1. The summed E-state index contributed by atoms with van der Waals surface area (Å²) in [4.78, 5) is 22.5. The number of para-hydroxylation sites is 1. The summed E-state index contributed by atoms with van der Waals surface area (Å²) >= 11 is 0. The van der Waals surface area contributed by atoms with E-state index in [2.05, 4.69) is 28.9 Å². The highest BCUT2D eigenvalue weighted by Gasteiger charge is 2.11. The predicted molar refractivity (Wildman–Crippen MR) is 95.2 cm³/mol. The Labute approximate surface area is 139 Å². The van der Waals surface area contributed by atoms with Crippen LogP contribution in [0.15, 0.2) is 42.5 Å². The first-order valence-corrected chi connectivity index (χ1v) is 8.12. The van der Waals surface area contributed by atoms with Crippen LogP contribution < -0.4 is 5.32 Å². The van der Waals surface area contributed by atoms with Crippen LogP contribution in [0, 0.1) is 0 Å². The summed E-state index contributed by atoms with van der Waals surface area (Å²) in [6.07, 6.45) is 0.566. The highest BCUT2D eigenvalue weighted by molar-refractivity contribution is 6.09. The Balaban J connectivity index is 1.87. The SMILES string of the molecule is CCn1c2ccccc2c2cc(NC(=O)CCCC(=O)O)ccc21. The first kappa shape index (κ1) is 16.1. The van der Waals surface area contributed by atoms with Crippen molar-refractivity contribution in [2.45, 2.75) is 32.7 Å². The van der Waals surface area contributed by atoms with E-state index in [1.165, 1.54) is 5.52 Å². The van der Waals surface area contributed by atoms with E-state index in [1.54, 1.807) is 0 Å². The number of rotatable bonds is 6. The Hall–Kier alpha value is -2.82. The zero-order chi connectivity index (χ0) is 17.1. The molecule has 5 nitrogen and oxygen atoms in total. The molecule has 24 heavy (non-hydrogen) atoms. The van der Waals surface area contributed by atoms with E-state index < -0.39 is 5.97 Å². The zero-order valence-corrected chi connectivity index (χ0v) is 13.6. The van der Waals surface area contributed by atoms with Gasteiger partial charge in [-0.15, -0.1) is 0 Å². The second-order valence-electron chi connectivity index (χ2n) is 5.79. The maximum absolute atomic E-state index is 11.9. The van der Waals surface area contributed by atoms with Crippen LogP contribution in [0.4, 0.5) is 5.69 Å². The summed E-state index contributed by atoms with van der Waals surface area (Å²) in [7, 11) is 0. The summed E-state index contributed by atoms with van der Waals surface area (Å²) in [5, 5.41) is 13.8. The van der Waals surface area contributed by atoms with Gasteiger partial charge in [0.2, 0.25) is 5.91 Å². The fourth-order valence-electron chi connectivity index (χ4n) is 3.10. The summed E-state index contributed by atoms with van der Waals surface area (Å²) in [5.74, 6) is -1.04. The third-order valence-electron chi connectivity index (χ3n) is 4.17. The lowest BCUT2D eigenvalue weighted by Crippen LogP contribution is -2.11. The molecule has 0 saturated carbocycles. The van der Waals surface area contributed by atoms with Crippen LogP contribution in [0.1, 0.15) is 26.2 Å². The molecule has 0 saturated heterocycles. The van der Waals surface area contributed by atoms with Crippen LogP contribution in [0.5, 0.6) is 0 Å². The van der Waals surface area contributed by atoms with Crippen LogP contribution in [0.3, 0.4) is 0 Å². The minimum atomic E-state index is -0.878. The molecule has 5 heteroatoms. The van der Waals surface area contributed by atoms with Crippen molar-refractivity contribution < 1.29 is 14.7 Å². The molecule has 0 radical (unpaired) electrons. The molecule has 0 aliphatic rings. The van der Waals surface area contributed by atoms with E-state index >= 15 is 0 Å². The number of carboxylic acid groups (broad SMARTS) is 1. The van der Waals surface area contributed by atoms with Crippen LogP contribution in [-0.2, 0) is 16.1 Å². The normalized spacial score (nSPS) is 11.0. The molecular formula is C19H20N2O3. The first-order chi connectivity index (χ1) is 11.6. The lowest BCUT2D eigenvalue weighted by molar-refractivity contribution is -0.137. The van der Waals surface area contributed by atoms with Crippen LogP contribution >= 0.6 is 0 Å². The van der Waals surface area contributed by atoms with Crippen molar-refractivity contribution in [1.29, 1.82) is 0 Å². The van der Waals surface area contributed by atoms with Gasteiger partial charge in [0.15, 0.2) is 0 Å². The molecule has 0 aliphatic carbocycles. The molecule has 0 aliphatic heterocycles. The number of aryl methyl sites for hydroxylation is 1. The number of fused-ring (bicyclic) bond motifs is 3. The standard InChI is InChI=1S/C19H20N2O3/c1-2-21-16-7-4-3-6-14(16)15-12-13(10-11-17(15)21)20-18(22)8-5-9-19(23)24/h3-4,6-7,10-12H,2,5,8-9H2,1H3,(H,20,22)(H,23,24). The van der Waals surface area contributed by atoms with Gasteiger partial charge in [-0.05, 0) is 37.6 Å². The van der Waals surface area contributed by atoms with Gasteiger partial charge < -0.3 is 15.0 Å². The quantitative estimate of drug-likeness (QED) is 0.719. The average molecular weight is 324 g/mol. The number of amides is 1. The summed E-state index contributed by atoms with van der Waals surface area (Å²) in [6.45, 7) is 2.99. The third kappa shape index (κ3) is 3.11. The van der Waals surface area contributed by atoms with Crippen molar-refractivity contribution in [3.63, 3.8) is 0 Å². The van der Waals surface area contributed by atoms with Crippen molar-refractivity contribution >= 4 is 39.4 Å². The maximum Gasteiger partial charge on any atom is 0.303 e. The van der Waals surface area contributed by atoms with Crippen molar-refractivity contribution in [2.75, 3.05) is 5.32 Å². The van der Waals surface area contributed by atoms with Crippen molar-refractivity contribution in [3.05, 3.63) is 42.5 Å². The smallest absolute Gasteiger partial charge is 0.303 e. The minimum absolute atomic E-state index is 0.0104. The number of anilines is 1. The molecule has 124 valence electrons. The number of benzene rings is 2. The van der Waals surface area contributed by atoms with Gasteiger partial charge in [-0.2, -0.15) is 0 Å². The molecular weight excluding hydrogens is 304 g/mol. The molecule has 0 bridgehead atoms. The molecule has 0 unspecified atom stereocenters. The van der Waals surface area contributed by atoms with Crippen LogP contribution in [-0.4, -0.2) is 21.6 Å². The lowest BCUT2D eigenvalue weighted by atomic mass is 10.1. The molecule has 1 amide bonds. The van der Waals surface area contributed by atoms with Gasteiger partial charge >= 0.3 is 5.97 Å². The fourth-order valence-corrected chi connectivity index (χ4v) is 3.10. The van der Waals surface area contributed by atoms with Gasteiger partial charge in [-0.3, -0.25) is 9.59 Å². The maximum atomic E-state index is 11.9. The van der Waals surface area contributed by atoms with E-state index in [4.69, 9.17) is 5.11 Å². The largest absolute Gasteiger partial charge is 0.481 e. The van der Waals surface area contributed by atoms with E-state index in [0.29, 0.717) is 6.42 Å². The summed E-state index contributed by atoms with van der Waals surface area (Å²) in [5.41, 5.74) is 3.06. The van der Waals surface area contributed by atoms with E-state index in [0.717, 1.165) is 28.5 Å². The van der Waals surface area contributed by atoms with Gasteiger partial charge in [0.25, 0.3) is 0 Å². The lowest BCUT2D eigenvalue weighted by Gasteiger charge is -2.06. The average Bonchev–Trinajstić information content (AvgIpc) is 2.87. The van der Waals surface area contributed by atoms with Gasteiger partial charge in [-0.25, -0.2) is 0 Å². The second kappa shape index (κ2) is 6.74. The van der Waals surface area contributed by atoms with Gasteiger partial charge in [-0.1, -0.05) is 18.2 Å². The van der Waals surface area contributed by atoms with Crippen molar-refractivity contribution in [1.82, 2.24) is 4.57 Å². The van der Waals surface area contributed by atoms with E-state index in [1.807, 2.05) is 30.3 Å². The topological polar surface area (TPSA) is 71.3 Å². The second-order valence-corrected chi connectivity index (χ2v) is 5.79. The molecule has 0 spiro atoms. The number of nitrogens with one attached hydrogen (secondary N) is 1. The molecule has 1 aromatic heterocycles. The number of hydrogen-bond acceptors (Lipinski definition) is 2. The number of carbonyl (C=O) groups is 2. The molecule has 2 N–H and O–H groups in total. The Morgan fingerprint density at radius 2 is 1.79 bits per heavy atom. The van der Waals surface area contributed by atoms with E-state index in [9.17, 15) is 9.59 Å². The molecule has 0 fully saturated rings.